The van der Waals surface area contributed by atoms with Gasteiger partial charge in [-0.2, -0.15) is 0 Å². The van der Waals surface area contributed by atoms with E-state index in [0.717, 1.165) is 0 Å². The van der Waals surface area contributed by atoms with Crippen LogP contribution in [-0.2, 0) is 4.74 Å². The predicted molar refractivity (Wildman–Crippen MR) is 59.5 cm³/mol. The molecule has 1 aliphatic heterocycles. The molecule has 0 radical (unpaired) electrons. The molecule has 0 spiro atoms. The minimum Gasteiger partial charge on any atom is -0.394 e. The van der Waals surface area contributed by atoms with E-state index in [-0.39, 0.29) is 5.56 Å². The molecule has 0 aromatic carbocycles. The molecule has 1 unspecified atom stereocenters. The van der Waals surface area contributed by atoms with Gasteiger partial charge in [-0.05, 0) is 12.1 Å². The third-order valence-corrected chi connectivity index (χ3v) is 2.90. The van der Waals surface area contributed by atoms with E-state index >= 15 is 0 Å². The topological polar surface area (TPSA) is 126 Å². The van der Waals surface area contributed by atoms with E-state index in [2.05, 4.69) is 4.98 Å². The van der Waals surface area contributed by atoms with Crippen molar-refractivity contribution in [3.8, 4) is 0 Å². The minimum atomic E-state index is -1.17. The van der Waals surface area contributed by atoms with Crippen LogP contribution in [0, 0.1) is 0 Å². The van der Waals surface area contributed by atoms with Gasteiger partial charge in [-0.25, -0.2) is 0 Å². The van der Waals surface area contributed by atoms with E-state index < -0.39 is 36.9 Å². The molecule has 0 saturated carbocycles. The number of hydrogen-bond acceptors (Lipinski definition) is 6. The van der Waals surface area contributed by atoms with Gasteiger partial charge >= 0.3 is 0 Å². The highest BCUT2D eigenvalue weighted by atomic mass is 16.6. The Hall–Kier alpha value is -1.54. The molecule has 7 nitrogen and oxygen atoms in total. The van der Waals surface area contributed by atoms with Crippen LogP contribution in [-0.4, -0.2) is 51.1 Å². The Balaban J connectivity index is 2.19. The summed E-state index contributed by atoms with van der Waals surface area (Å²) in [5.41, 5.74) is 5.68. The van der Waals surface area contributed by atoms with Crippen molar-refractivity contribution in [1.82, 2.24) is 4.98 Å². The van der Waals surface area contributed by atoms with Crippen LogP contribution in [0.3, 0.4) is 0 Å². The summed E-state index contributed by atoms with van der Waals surface area (Å²) < 4.78 is 5.29. The van der Waals surface area contributed by atoms with Crippen LogP contribution in [0.15, 0.2) is 18.3 Å². The summed E-state index contributed by atoms with van der Waals surface area (Å²) in [4.78, 5) is 14.8. The Bertz CT molecular complexity index is 436. The molecule has 1 saturated heterocycles. The molecular formula is C11H14N2O5. The lowest BCUT2D eigenvalue weighted by atomic mass is 10.1. The number of nitrogens with two attached hydrogens (primary N) is 1. The number of nitrogens with zero attached hydrogens (tertiary/aromatic N) is 1. The van der Waals surface area contributed by atoms with Gasteiger partial charge in [0.25, 0.3) is 0 Å². The standard InChI is InChI=1S/C11H14N2O5/c12-11(17)5-1-2-6(13-3-5)10-9(16)8(15)7(4-14)18-10/h1-3,7-10,14-16H,4H2,(H2,12,17)/t7-,8-,9-,10?/m1/s1. The maximum atomic E-state index is 10.9. The number of aromatic nitrogens is 1. The van der Waals surface area contributed by atoms with Crippen molar-refractivity contribution < 1.29 is 24.9 Å². The lowest BCUT2D eigenvalue weighted by molar-refractivity contribution is -0.0239. The Labute approximate surface area is 103 Å². The summed E-state index contributed by atoms with van der Waals surface area (Å²) in [5, 5.41) is 28.3. The molecule has 18 heavy (non-hydrogen) atoms. The van der Waals surface area contributed by atoms with E-state index in [9.17, 15) is 15.0 Å². The first-order valence-electron chi connectivity index (χ1n) is 5.42. The molecule has 7 heteroatoms. The molecule has 2 rings (SSSR count). The maximum absolute atomic E-state index is 10.9. The molecule has 1 aliphatic rings. The van der Waals surface area contributed by atoms with Gasteiger partial charge in [0.05, 0.1) is 17.9 Å². The van der Waals surface area contributed by atoms with Crippen LogP contribution in [0.5, 0.6) is 0 Å². The van der Waals surface area contributed by atoms with Crippen molar-refractivity contribution >= 4 is 5.91 Å². The number of aliphatic hydroxyl groups excluding tert-OH is 3. The van der Waals surface area contributed by atoms with Gasteiger partial charge in [-0.1, -0.05) is 0 Å². The van der Waals surface area contributed by atoms with E-state index in [1.54, 1.807) is 0 Å². The van der Waals surface area contributed by atoms with E-state index in [0.29, 0.717) is 5.69 Å². The lowest BCUT2D eigenvalue weighted by Gasteiger charge is -2.13. The summed E-state index contributed by atoms with van der Waals surface area (Å²) in [7, 11) is 0. The second-order valence-corrected chi connectivity index (χ2v) is 4.09. The molecule has 1 amide bonds. The maximum Gasteiger partial charge on any atom is 0.250 e. The second kappa shape index (κ2) is 4.99. The molecule has 2 heterocycles. The average Bonchev–Trinajstić information content (AvgIpc) is 2.66. The zero-order valence-corrected chi connectivity index (χ0v) is 9.43. The normalized spacial score (nSPS) is 31.5. The Morgan fingerprint density at radius 3 is 2.56 bits per heavy atom. The van der Waals surface area contributed by atoms with Gasteiger partial charge in [0.2, 0.25) is 5.91 Å². The van der Waals surface area contributed by atoms with Gasteiger partial charge < -0.3 is 25.8 Å². The van der Waals surface area contributed by atoms with E-state index in [1.165, 1.54) is 18.3 Å². The number of carbonyl (C=O) groups is 1. The summed E-state index contributed by atoms with van der Waals surface area (Å²) in [6, 6.07) is 2.94. The molecule has 98 valence electrons. The number of hydrogen-bond donors (Lipinski definition) is 4. The first-order chi connectivity index (χ1) is 8.54. The Morgan fingerprint density at radius 1 is 1.39 bits per heavy atom. The molecule has 1 aromatic heterocycles. The summed E-state index contributed by atoms with van der Waals surface area (Å²) in [6.45, 7) is -0.395. The van der Waals surface area contributed by atoms with Crippen molar-refractivity contribution in [3.05, 3.63) is 29.6 Å². The van der Waals surface area contributed by atoms with Gasteiger partial charge in [-0.15, -0.1) is 0 Å². The van der Waals surface area contributed by atoms with Crippen LogP contribution in [0.25, 0.3) is 0 Å². The number of carbonyl (C=O) groups excluding carboxylic acids is 1. The first-order valence-corrected chi connectivity index (χ1v) is 5.42. The molecule has 4 atom stereocenters. The second-order valence-electron chi connectivity index (χ2n) is 4.09. The third-order valence-electron chi connectivity index (χ3n) is 2.90. The summed E-state index contributed by atoms with van der Waals surface area (Å²) >= 11 is 0. The first kappa shape index (κ1) is 12.9. The number of pyridine rings is 1. The number of amides is 1. The van der Waals surface area contributed by atoms with Crippen LogP contribution < -0.4 is 5.73 Å². The Morgan fingerprint density at radius 2 is 2.11 bits per heavy atom. The van der Waals surface area contributed by atoms with Crippen molar-refractivity contribution in [2.45, 2.75) is 24.4 Å². The zero-order chi connectivity index (χ0) is 13.3. The number of primary amides is 1. The molecule has 0 aliphatic carbocycles. The van der Waals surface area contributed by atoms with E-state index in [4.69, 9.17) is 15.6 Å². The van der Waals surface area contributed by atoms with Crippen molar-refractivity contribution in [1.29, 1.82) is 0 Å². The molecule has 1 fully saturated rings. The highest BCUT2D eigenvalue weighted by molar-refractivity contribution is 5.92. The van der Waals surface area contributed by atoms with Crippen LogP contribution in [0.4, 0.5) is 0 Å². The van der Waals surface area contributed by atoms with Crippen molar-refractivity contribution in [3.63, 3.8) is 0 Å². The smallest absolute Gasteiger partial charge is 0.250 e. The number of ether oxygens (including phenoxy) is 1. The van der Waals surface area contributed by atoms with Crippen molar-refractivity contribution in [2.75, 3.05) is 6.61 Å². The lowest BCUT2D eigenvalue weighted by Crippen LogP contribution is -2.32. The SMILES string of the molecule is NC(=O)c1ccc(C2O[C@H](CO)[C@@H](O)[C@H]2O)nc1. The molecular weight excluding hydrogens is 240 g/mol. The van der Waals surface area contributed by atoms with E-state index in [1.807, 2.05) is 0 Å². The Kier molecular flexibility index (Phi) is 3.58. The highest BCUT2D eigenvalue weighted by Gasteiger charge is 2.43. The van der Waals surface area contributed by atoms with Gasteiger partial charge in [0.1, 0.15) is 24.4 Å². The van der Waals surface area contributed by atoms with Gasteiger partial charge in [-0.3, -0.25) is 9.78 Å². The minimum absolute atomic E-state index is 0.241. The van der Waals surface area contributed by atoms with Crippen molar-refractivity contribution in [2.24, 2.45) is 5.73 Å². The monoisotopic (exact) mass is 254 g/mol. The molecule has 1 aromatic rings. The molecule has 0 bridgehead atoms. The summed E-state index contributed by atoms with van der Waals surface area (Å²) in [6.07, 6.45) is -2.75. The van der Waals surface area contributed by atoms with Gasteiger partial charge in [0.15, 0.2) is 0 Å². The fraction of sp³-hybridized carbons (Fsp3) is 0.455. The largest absolute Gasteiger partial charge is 0.394 e. The van der Waals surface area contributed by atoms with Crippen LogP contribution in [0.1, 0.15) is 22.2 Å². The fourth-order valence-electron chi connectivity index (χ4n) is 1.86. The average molecular weight is 254 g/mol. The highest BCUT2D eigenvalue weighted by Crippen LogP contribution is 2.32. The van der Waals surface area contributed by atoms with Crippen LogP contribution >= 0.6 is 0 Å². The fourth-order valence-corrected chi connectivity index (χ4v) is 1.86. The number of rotatable bonds is 3. The predicted octanol–water partition coefficient (Wildman–Crippen LogP) is -1.67. The zero-order valence-electron chi connectivity index (χ0n) is 9.43. The molecule has 5 N–H and O–H groups in total. The van der Waals surface area contributed by atoms with Crippen LogP contribution in [0.2, 0.25) is 0 Å². The number of aliphatic hydroxyl groups is 3. The third kappa shape index (κ3) is 2.21. The summed E-state index contributed by atoms with van der Waals surface area (Å²) in [5.74, 6) is -0.602. The quantitative estimate of drug-likeness (QED) is 0.511. The van der Waals surface area contributed by atoms with Gasteiger partial charge in [0, 0.05) is 6.20 Å².